The number of unbranched alkanes of at least 4 members (excludes halogenated alkanes) is 34. The van der Waals surface area contributed by atoms with Gasteiger partial charge in [-0.2, -0.15) is 0 Å². The maximum absolute atomic E-state index is 13.1. The highest BCUT2D eigenvalue weighted by atomic mass is 16.7. The first kappa shape index (κ1) is 67.2. The molecule has 0 bridgehead atoms. The summed E-state index contributed by atoms with van der Waals surface area (Å²) in [6, 6.07) is -0.724. The van der Waals surface area contributed by atoms with Crippen LogP contribution in [0.5, 0.6) is 0 Å². The zero-order chi connectivity index (χ0) is 51.5. The van der Waals surface area contributed by atoms with Crippen LogP contribution < -0.4 is 5.32 Å². The van der Waals surface area contributed by atoms with E-state index in [0.29, 0.717) is 12.8 Å². The van der Waals surface area contributed by atoms with Gasteiger partial charge in [0.05, 0.1) is 25.4 Å². The lowest BCUT2D eigenvalue weighted by atomic mass is 9.99. The molecule has 6 N–H and O–H groups in total. The number of allylic oxidation sites excluding steroid dienone is 8. The zero-order valence-corrected chi connectivity index (χ0v) is 46.2. The first-order valence-electron chi connectivity index (χ1n) is 30.3. The third kappa shape index (κ3) is 41.1. The highest BCUT2D eigenvalue weighted by Gasteiger charge is 2.44. The van der Waals surface area contributed by atoms with Crippen molar-refractivity contribution in [3.05, 3.63) is 48.6 Å². The van der Waals surface area contributed by atoms with Crippen molar-refractivity contribution in [2.45, 2.75) is 326 Å². The maximum atomic E-state index is 13.1. The molecule has 1 amide bonds. The molecule has 71 heavy (non-hydrogen) atoms. The summed E-state index contributed by atoms with van der Waals surface area (Å²) in [6.07, 6.45) is 61.4. The Morgan fingerprint density at radius 3 is 1.30 bits per heavy atom. The summed E-state index contributed by atoms with van der Waals surface area (Å²) in [5.74, 6) is -0.147. The third-order valence-corrected chi connectivity index (χ3v) is 14.4. The molecule has 0 spiro atoms. The van der Waals surface area contributed by atoms with E-state index in [1.54, 1.807) is 0 Å². The van der Waals surface area contributed by atoms with E-state index in [2.05, 4.69) is 67.8 Å². The van der Waals surface area contributed by atoms with Gasteiger partial charge in [-0.15, -0.1) is 0 Å². The molecule has 0 aliphatic carbocycles. The largest absolute Gasteiger partial charge is 0.394 e. The van der Waals surface area contributed by atoms with Crippen molar-refractivity contribution in [2.24, 2.45) is 0 Å². The zero-order valence-electron chi connectivity index (χ0n) is 46.2. The first-order valence-corrected chi connectivity index (χ1v) is 30.3. The molecule has 416 valence electrons. The number of amides is 1. The Morgan fingerprint density at radius 1 is 0.493 bits per heavy atom. The second-order valence-electron chi connectivity index (χ2n) is 21.1. The highest BCUT2D eigenvalue weighted by Crippen LogP contribution is 2.23. The summed E-state index contributed by atoms with van der Waals surface area (Å²) in [6.45, 7) is 3.76. The van der Waals surface area contributed by atoms with Crippen molar-refractivity contribution in [1.82, 2.24) is 5.32 Å². The van der Waals surface area contributed by atoms with Crippen molar-refractivity contribution >= 4 is 5.91 Å². The van der Waals surface area contributed by atoms with Gasteiger partial charge in [0.2, 0.25) is 5.91 Å². The van der Waals surface area contributed by atoms with Crippen molar-refractivity contribution < 1.29 is 39.8 Å². The predicted molar refractivity (Wildman–Crippen MR) is 299 cm³/mol. The first-order chi connectivity index (χ1) is 34.8. The fourth-order valence-corrected chi connectivity index (χ4v) is 9.68. The number of nitrogens with one attached hydrogen (secondary N) is 1. The Balaban J connectivity index is 2.19. The van der Waals surface area contributed by atoms with E-state index >= 15 is 0 Å². The molecular weight excluding hydrogens is 887 g/mol. The quantitative estimate of drug-likeness (QED) is 0.0261. The Hall–Kier alpha value is -1.85. The van der Waals surface area contributed by atoms with E-state index in [1.165, 1.54) is 186 Å². The monoisotopic (exact) mass is 1000 g/mol. The molecular formula is C62H115NO8. The Labute approximate surface area is 437 Å². The molecule has 1 aliphatic rings. The van der Waals surface area contributed by atoms with Crippen LogP contribution in [-0.2, 0) is 14.3 Å². The van der Waals surface area contributed by atoms with Gasteiger partial charge in [0.15, 0.2) is 6.29 Å². The average molecular weight is 1000 g/mol. The summed E-state index contributed by atoms with van der Waals surface area (Å²) in [5.41, 5.74) is 0. The summed E-state index contributed by atoms with van der Waals surface area (Å²) in [4.78, 5) is 13.1. The molecule has 1 fully saturated rings. The molecule has 1 aliphatic heterocycles. The highest BCUT2D eigenvalue weighted by molar-refractivity contribution is 5.76. The van der Waals surface area contributed by atoms with Crippen LogP contribution in [0.25, 0.3) is 0 Å². The van der Waals surface area contributed by atoms with Crippen molar-refractivity contribution in [3.8, 4) is 0 Å². The lowest BCUT2D eigenvalue weighted by molar-refractivity contribution is -0.302. The number of aliphatic hydroxyl groups is 5. The number of aliphatic hydroxyl groups excluding tert-OH is 5. The molecule has 1 heterocycles. The van der Waals surface area contributed by atoms with E-state index in [4.69, 9.17) is 9.47 Å². The summed E-state index contributed by atoms with van der Waals surface area (Å²) in [5, 5.41) is 54.8. The van der Waals surface area contributed by atoms with Crippen LogP contribution in [0.4, 0.5) is 0 Å². The van der Waals surface area contributed by atoms with E-state index in [1.807, 2.05) is 0 Å². The number of ether oxygens (including phenoxy) is 2. The Bertz CT molecular complexity index is 1250. The second-order valence-corrected chi connectivity index (χ2v) is 21.1. The molecule has 7 atom stereocenters. The molecule has 0 aromatic heterocycles. The molecule has 7 unspecified atom stereocenters. The van der Waals surface area contributed by atoms with Gasteiger partial charge in [-0.25, -0.2) is 0 Å². The normalized spacial score (nSPS) is 19.6. The van der Waals surface area contributed by atoms with Crippen LogP contribution in [0.2, 0.25) is 0 Å². The van der Waals surface area contributed by atoms with Crippen LogP contribution in [0.15, 0.2) is 48.6 Å². The molecule has 0 radical (unpaired) electrons. The number of hydrogen-bond acceptors (Lipinski definition) is 8. The van der Waals surface area contributed by atoms with E-state index in [0.717, 1.165) is 70.6 Å². The molecule has 1 saturated heterocycles. The van der Waals surface area contributed by atoms with Gasteiger partial charge in [0.25, 0.3) is 0 Å². The topological polar surface area (TPSA) is 149 Å². The van der Waals surface area contributed by atoms with Crippen LogP contribution in [0, 0.1) is 0 Å². The number of hydrogen-bond donors (Lipinski definition) is 6. The van der Waals surface area contributed by atoms with Crippen molar-refractivity contribution in [2.75, 3.05) is 13.2 Å². The molecule has 0 aromatic rings. The fourth-order valence-electron chi connectivity index (χ4n) is 9.68. The molecule has 1 rings (SSSR count). The van der Waals surface area contributed by atoms with Crippen LogP contribution >= 0.6 is 0 Å². The van der Waals surface area contributed by atoms with Gasteiger partial charge in [-0.3, -0.25) is 4.79 Å². The van der Waals surface area contributed by atoms with Crippen LogP contribution in [-0.4, -0.2) is 87.5 Å². The van der Waals surface area contributed by atoms with Crippen molar-refractivity contribution in [3.63, 3.8) is 0 Å². The number of rotatable bonds is 52. The van der Waals surface area contributed by atoms with Crippen LogP contribution in [0.3, 0.4) is 0 Å². The van der Waals surface area contributed by atoms with E-state index in [9.17, 15) is 30.3 Å². The number of carbonyl (C=O) groups excluding carboxylic acids is 1. The van der Waals surface area contributed by atoms with E-state index < -0.39 is 49.5 Å². The summed E-state index contributed by atoms with van der Waals surface area (Å²) in [7, 11) is 0. The lowest BCUT2D eigenvalue weighted by Crippen LogP contribution is -2.60. The standard InChI is InChI=1S/C62H115NO8/c1-3-5-7-9-11-13-15-17-19-21-23-25-27-28-30-31-33-35-37-39-41-43-45-47-49-51-56(65)55(54-70-62-61(69)60(68)59(67)57(53-64)71-62)63-58(66)52-50-48-46-44-42-40-38-36-34-32-29-26-24-22-20-18-16-14-12-10-8-6-4-2/h6,8,12,14,18,20,24,26,55-57,59-62,64-65,67-69H,3-5,7,9-11,13,15-17,19,21-23,25,27-54H2,1-2H3,(H,63,66)/b8-6-,14-12-,20-18-,26-24-. The SMILES string of the molecule is CC/C=C\C/C=C\C/C=C\C/C=C\CCCCCCCCCCCCC(=O)NC(COC1OC(CO)C(O)C(O)C1O)C(O)CCCCCCCCCCCCCCCCCCCCCCCCCCC. The minimum Gasteiger partial charge on any atom is -0.394 e. The summed E-state index contributed by atoms with van der Waals surface area (Å²) >= 11 is 0. The average Bonchev–Trinajstić information content (AvgIpc) is 3.37. The smallest absolute Gasteiger partial charge is 0.220 e. The molecule has 9 heteroatoms. The second kappa shape index (κ2) is 51.6. The van der Waals surface area contributed by atoms with Gasteiger partial charge in [0.1, 0.15) is 24.4 Å². The minimum atomic E-state index is -1.56. The van der Waals surface area contributed by atoms with E-state index in [-0.39, 0.29) is 12.5 Å². The molecule has 0 saturated carbocycles. The van der Waals surface area contributed by atoms with Crippen molar-refractivity contribution in [1.29, 1.82) is 0 Å². The maximum Gasteiger partial charge on any atom is 0.220 e. The molecule has 0 aromatic carbocycles. The fraction of sp³-hybridized carbons (Fsp3) is 0.855. The van der Waals surface area contributed by atoms with Gasteiger partial charge in [-0.1, -0.05) is 274 Å². The minimum absolute atomic E-state index is 0.139. The summed E-state index contributed by atoms with van der Waals surface area (Å²) < 4.78 is 11.3. The molecule has 9 nitrogen and oxygen atoms in total. The van der Waals surface area contributed by atoms with Crippen LogP contribution in [0.1, 0.15) is 284 Å². The van der Waals surface area contributed by atoms with Gasteiger partial charge >= 0.3 is 0 Å². The number of carbonyl (C=O) groups is 1. The van der Waals surface area contributed by atoms with Gasteiger partial charge < -0.3 is 40.3 Å². The Morgan fingerprint density at radius 2 is 0.873 bits per heavy atom. The van der Waals surface area contributed by atoms with Gasteiger partial charge in [-0.05, 0) is 51.4 Å². The third-order valence-electron chi connectivity index (χ3n) is 14.4. The Kier molecular flexibility index (Phi) is 48.8. The predicted octanol–water partition coefficient (Wildman–Crippen LogP) is 15.3. The lowest BCUT2D eigenvalue weighted by Gasteiger charge is -2.40. The van der Waals surface area contributed by atoms with Gasteiger partial charge in [0, 0.05) is 6.42 Å².